The van der Waals surface area contributed by atoms with Gasteiger partial charge in [0.15, 0.2) is 0 Å². The van der Waals surface area contributed by atoms with Gasteiger partial charge in [-0.1, -0.05) is 0 Å². The SMILES string of the molecule is COc1cc(N)c(C=N)cc1Nc1ncnc2sc3c(c12)CCCC3.O=CN1CCC1. The van der Waals surface area contributed by atoms with E-state index >= 15 is 0 Å². The number of nitrogen functional groups attached to an aromatic ring is 1. The number of anilines is 3. The summed E-state index contributed by atoms with van der Waals surface area (Å²) in [6, 6.07) is 3.54. The van der Waals surface area contributed by atoms with Crippen LogP contribution in [0, 0.1) is 5.41 Å². The van der Waals surface area contributed by atoms with Gasteiger partial charge in [-0.2, -0.15) is 0 Å². The van der Waals surface area contributed by atoms with Crippen molar-refractivity contribution in [3.63, 3.8) is 0 Å². The van der Waals surface area contributed by atoms with Gasteiger partial charge in [0.05, 0.1) is 18.2 Å². The van der Waals surface area contributed by atoms with Crippen LogP contribution in [0.4, 0.5) is 17.2 Å². The molecule has 1 amide bonds. The number of hydrogen-bond acceptors (Lipinski definition) is 8. The Labute approximate surface area is 185 Å². The Hall–Kier alpha value is -3.20. The van der Waals surface area contributed by atoms with Gasteiger partial charge < -0.3 is 26.1 Å². The highest BCUT2D eigenvalue weighted by Crippen LogP contribution is 2.40. The van der Waals surface area contributed by atoms with E-state index in [1.54, 1.807) is 35.7 Å². The first kappa shape index (κ1) is 21.0. The minimum absolute atomic E-state index is 0.512. The fourth-order valence-corrected chi connectivity index (χ4v) is 4.99. The van der Waals surface area contributed by atoms with Crippen LogP contribution in [0.3, 0.4) is 0 Å². The topological polar surface area (TPSA) is 117 Å². The maximum Gasteiger partial charge on any atom is 0.209 e. The Morgan fingerprint density at radius 1 is 1.23 bits per heavy atom. The van der Waals surface area contributed by atoms with Gasteiger partial charge in [-0.3, -0.25) is 4.79 Å². The zero-order valence-electron chi connectivity index (χ0n) is 17.5. The number of nitrogens with one attached hydrogen (secondary N) is 2. The fourth-order valence-electron chi connectivity index (χ4n) is 3.76. The summed E-state index contributed by atoms with van der Waals surface area (Å²) in [4.78, 5) is 22.8. The number of carbonyl (C=O) groups is 1. The van der Waals surface area contributed by atoms with Crippen LogP contribution in [0.15, 0.2) is 18.5 Å². The number of likely N-dealkylation sites (tertiary alicyclic amines) is 1. The quantitative estimate of drug-likeness (QED) is 0.317. The summed E-state index contributed by atoms with van der Waals surface area (Å²) in [6.07, 6.45) is 9.56. The molecule has 1 fully saturated rings. The highest BCUT2D eigenvalue weighted by molar-refractivity contribution is 7.19. The number of nitrogens with two attached hydrogens (primary N) is 1. The molecule has 0 spiro atoms. The third kappa shape index (κ3) is 4.32. The standard InChI is InChI=1S/C18H19N5OS.C4H7NO/c1-24-14-7-12(20)10(8-19)6-13(14)23-17-16-11-4-2-3-5-15(11)25-18(16)22-9-21-17;6-4-5-2-1-3-5/h6-9,19H,2-5,20H2,1H3,(H,21,22,23);4H,1-3H2. The molecular weight excluding hydrogens is 412 g/mol. The van der Waals surface area contributed by atoms with Crippen LogP contribution < -0.4 is 15.8 Å². The van der Waals surface area contributed by atoms with Gasteiger partial charge in [-0.15, -0.1) is 11.3 Å². The molecule has 0 unspecified atom stereocenters. The Balaban J connectivity index is 0.000000334. The molecule has 31 heavy (non-hydrogen) atoms. The van der Waals surface area contributed by atoms with Gasteiger partial charge in [0, 0.05) is 41.5 Å². The van der Waals surface area contributed by atoms with Gasteiger partial charge >= 0.3 is 0 Å². The zero-order valence-corrected chi connectivity index (χ0v) is 18.3. The van der Waals surface area contributed by atoms with Crippen molar-refractivity contribution in [1.29, 1.82) is 5.41 Å². The van der Waals surface area contributed by atoms with Crippen molar-refractivity contribution in [2.24, 2.45) is 0 Å². The second-order valence-corrected chi connectivity index (χ2v) is 8.64. The number of hydrogen-bond donors (Lipinski definition) is 3. The molecule has 3 aromatic rings. The first-order chi connectivity index (χ1) is 15.1. The summed E-state index contributed by atoms with van der Waals surface area (Å²) in [5.41, 5.74) is 9.22. The lowest BCUT2D eigenvalue weighted by Gasteiger charge is -2.25. The van der Waals surface area contributed by atoms with Gasteiger partial charge in [-0.25, -0.2) is 9.97 Å². The lowest BCUT2D eigenvalue weighted by Crippen LogP contribution is -2.35. The average Bonchev–Trinajstić information content (AvgIpc) is 3.14. The Morgan fingerprint density at radius 2 is 2.03 bits per heavy atom. The van der Waals surface area contributed by atoms with E-state index < -0.39 is 0 Å². The number of amides is 1. The molecule has 0 atom stereocenters. The third-order valence-corrected chi connectivity index (χ3v) is 6.80. The smallest absolute Gasteiger partial charge is 0.209 e. The van der Waals surface area contributed by atoms with Crippen molar-refractivity contribution < 1.29 is 9.53 Å². The van der Waals surface area contributed by atoms with Crippen LogP contribution in [0.5, 0.6) is 5.75 Å². The van der Waals surface area contributed by atoms with E-state index in [9.17, 15) is 4.79 Å². The number of ether oxygens (including phenoxy) is 1. The summed E-state index contributed by atoms with van der Waals surface area (Å²) >= 11 is 1.77. The summed E-state index contributed by atoms with van der Waals surface area (Å²) in [6.45, 7) is 1.95. The van der Waals surface area contributed by atoms with Crippen LogP contribution in [0.2, 0.25) is 0 Å². The molecule has 5 rings (SSSR count). The fraction of sp³-hybridized carbons (Fsp3) is 0.364. The van der Waals surface area contributed by atoms with Crippen LogP contribution in [0.25, 0.3) is 10.2 Å². The summed E-state index contributed by atoms with van der Waals surface area (Å²) in [7, 11) is 1.60. The second-order valence-electron chi connectivity index (χ2n) is 7.56. The Kier molecular flexibility index (Phi) is 6.31. The molecule has 0 bridgehead atoms. The van der Waals surface area contributed by atoms with Crippen molar-refractivity contribution in [3.8, 4) is 5.75 Å². The van der Waals surface area contributed by atoms with Crippen LogP contribution >= 0.6 is 11.3 Å². The molecule has 0 radical (unpaired) electrons. The highest BCUT2D eigenvalue weighted by Gasteiger charge is 2.20. The van der Waals surface area contributed by atoms with Gasteiger partial charge in [0.1, 0.15) is 22.7 Å². The Morgan fingerprint density at radius 3 is 2.68 bits per heavy atom. The number of carbonyl (C=O) groups excluding carboxylic acids is 1. The molecule has 8 nitrogen and oxygen atoms in total. The number of aromatic nitrogens is 2. The normalized spacial score (nSPS) is 14.7. The molecule has 1 aliphatic heterocycles. The second kappa shape index (κ2) is 9.30. The van der Waals surface area contributed by atoms with Crippen LogP contribution in [-0.2, 0) is 17.6 Å². The van der Waals surface area contributed by atoms with Gasteiger partial charge in [0.2, 0.25) is 6.41 Å². The minimum atomic E-state index is 0.512. The molecule has 4 N–H and O–H groups in total. The number of thiophene rings is 1. The predicted octanol–water partition coefficient (Wildman–Crippen LogP) is 3.75. The zero-order chi connectivity index (χ0) is 21.8. The van der Waals surface area contributed by atoms with Crippen molar-refractivity contribution in [1.82, 2.24) is 14.9 Å². The first-order valence-electron chi connectivity index (χ1n) is 10.3. The molecule has 162 valence electrons. The molecule has 0 saturated carbocycles. The molecule has 1 aliphatic carbocycles. The van der Waals surface area contributed by atoms with E-state index in [1.807, 2.05) is 6.07 Å². The van der Waals surface area contributed by atoms with E-state index in [0.717, 1.165) is 54.1 Å². The van der Waals surface area contributed by atoms with Gasteiger partial charge in [0.25, 0.3) is 0 Å². The maximum atomic E-state index is 9.71. The summed E-state index contributed by atoms with van der Waals surface area (Å²) < 4.78 is 5.45. The molecule has 1 aromatic carbocycles. The van der Waals surface area contributed by atoms with Crippen LogP contribution in [0.1, 0.15) is 35.3 Å². The average molecular weight is 439 g/mol. The maximum absolute atomic E-state index is 9.71. The molecule has 2 aliphatic rings. The van der Waals surface area contributed by atoms with Crippen molar-refractivity contribution in [2.45, 2.75) is 32.1 Å². The number of fused-ring (bicyclic) bond motifs is 3. The molecule has 3 heterocycles. The molecular formula is C22H26N6O2S. The molecule has 1 saturated heterocycles. The third-order valence-electron chi connectivity index (χ3n) is 5.60. The molecule has 9 heteroatoms. The summed E-state index contributed by atoms with van der Waals surface area (Å²) in [5, 5.41) is 12.0. The Bertz CT molecular complexity index is 1110. The minimum Gasteiger partial charge on any atom is -0.494 e. The highest BCUT2D eigenvalue weighted by atomic mass is 32.1. The lowest BCUT2D eigenvalue weighted by atomic mass is 9.97. The largest absolute Gasteiger partial charge is 0.494 e. The number of rotatable bonds is 5. The predicted molar refractivity (Wildman–Crippen MR) is 125 cm³/mol. The monoisotopic (exact) mass is 438 g/mol. The van der Waals surface area contributed by atoms with E-state index in [4.69, 9.17) is 15.9 Å². The van der Waals surface area contributed by atoms with Crippen LogP contribution in [-0.4, -0.2) is 47.7 Å². The number of aryl methyl sites for hydroxylation is 2. The lowest BCUT2D eigenvalue weighted by molar-refractivity contribution is -0.121. The van der Waals surface area contributed by atoms with E-state index in [1.165, 1.54) is 35.9 Å². The number of nitrogens with zero attached hydrogens (tertiary/aromatic N) is 3. The molecule has 2 aromatic heterocycles. The van der Waals surface area contributed by atoms with E-state index in [0.29, 0.717) is 17.0 Å². The number of benzene rings is 1. The van der Waals surface area contributed by atoms with Crippen molar-refractivity contribution in [3.05, 3.63) is 34.5 Å². The summed E-state index contributed by atoms with van der Waals surface area (Å²) in [5.74, 6) is 1.40. The first-order valence-corrected chi connectivity index (χ1v) is 11.2. The van der Waals surface area contributed by atoms with E-state index in [2.05, 4.69) is 15.3 Å². The number of methoxy groups -OCH3 is 1. The van der Waals surface area contributed by atoms with E-state index in [-0.39, 0.29) is 0 Å². The van der Waals surface area contributed by atoms with Gasteiger partial charge in [-0.05, 0) is 43.7 Å². The van der Waals surface area contributed by atoms with Crippen molar-refractivity contribution in [2.75, 3.05) is 31.2 Å². The van der Waals surface area contributed by atoms with Crippen molar-refractivity contribution >= 4 is 51.4 Å².